The molecule has 0 atom stereocenters. The Labute approximate surface area is 86.5 Å². The Morgan fingerprint density at radius 2 is 2.07 bits per heavy atom. The first-order chi connectivity index (χ1) is 6.48. The van der Waals surface area contributed by atoms with Gasteiger partial charge in [0.15, 0.2) is 0 Å². The van der Waals surface area contributed by atoms with Crippen LogP contribution in [0.4, 0.5) is 0 Å². The van der Waals surface area contributed by atoms with E-state index in [1.165, 1.54) is 0 Å². The van der Waals surface area contributed by atoms with Crippen LogP contribution in [0.2, 0.25) is 0 Å². The molecule has 0 unspecified atom stereocenters. The van der Waals surface area contributed by atoms with E-state index in [1.54, 1.807) is 0 Å². The van der Waals surface area contributed by atoms with Crippen LogP contribution in [0.15, 0.2) is 0 Å². The van der Waals surface area contributed by atoms with Crippen LogP contribution in [0.25, 0.3) is 0 Å². The summed E-state index contributed by atoms with van der Waals surface area (Å²) >= 11 is 0. The lowest BCUT2D eigenvalue weighted by Gasteiger charge is -2.07. The van der Waals surface area contributed by atoms with Crippen molar-refractivity contribution in [3.05, 3.63) is 0 Å². The fourth-order valence-electron chi connectivity index (χ4n) is 0.877. The minimum Gasteiger partial charge on any atom is -0.314 e. The van der Waals surface area contributed by atoms with E-state index in [1.807, 2.05) is 13.8 Å². The fraction of sp³-hybridized carbons (Fsp3) is 0.778. The summed E-state index contributed by atoms with van der Waals surface area (Å²) in [5.74, 6) is 2.35. The van der Waals surface area contributed by atoms with Crippen LogP contribution >= 0.6 is 0 Å². The molecule has 0 heterocycles. The molecule has 0 saturated carbocycles. The molecule has 0 saturated heterocycles. The fourth-order valence-corrected chi connectivity index (χ4v) is 1.85. The highest BCUT2D eigenvalue weighted by atomic mass is 32.2. The molecular formula is C9H18N2O2S. The van der Waals surface area contributed by atoms with Crippen molar-refractivity contribution in [1.29, 1.82) is 0 Å². The summed E-state index contributed by atoms with van der Waals surface area (Å²) in [7, 11) is -3.17. The van der Waals surface area contributed by atoms with Crippen LogP contribution in [0.5, 0.6) is 0 Å². The van der Waals surface area contributed by atoms with E-state index in [4.69, 9.17) is 6.42 Å². The third-order valence-electron chi connectivity index (χ3n) is 1.54. The molecule has 14 heavy (non-hydrogen) atoms. The molecule has 0 aliphatic rings. The molecule has 0 spiro atoms. The quantitative estimate of drug-likeness (QED) is 0.464. The molecule has 0 radical (unpaired) electrons. The minimum atomic E-state index is -3.17. The molecule has 0 amide bonds. The summed E-state index contributed by atoms with van der Waals surface area (Å²) in [4.78, 5) is 0. The maximum absolute atomic E-state index is 11.2. The number of rotatable bonds is 7. The Kier molecular flexibility index (Phi) is 6.54. The first kappa shape index (κ1) is 13.4. The highest BCUT2D eigenvalue weighted by molar-refractivity contribution is 7.89. The zero-order valence-electron chi connectivity index (χ0n) is 8.71. The monoisotopic (exact) mass is 218 g/mol. The Hall–Kier alpha value is -0.570. The van der Waals surface area contributed by atoms with Crippen molar-refractivity contribution in [3.8, 4) is 12.3 Å². The number of hydrogen-bond acceptors (Lipinski definition) is 3. The topological polar surface area (TPSA) is 58.2 Å². The average molecular weight is 218 g/mol. The molecule has 0 rings (SSSR count). The van der Waals surface area contributed by atoms with E-state index in [9.17, 15) is 8.42 Å². The molecule has 2 N–H and O–H groups in total. The van der Waals surface area contributed by atoms with Gasteiger partial charge in [-0.1, -0.05) is 19.8 Å². The largest absolute Gasteiger partial charge is 0.314 e. The average Bonchev–Trinajstić information content (AvgIpc) is 2.09. The van der Waals surface area contributed by atoms with Crippen LogP contribution in [0.1, 0.15) is 20.3 Å². The highest BCUT2D eigenvalue weighted by Crippen LogP contribution is 1.88. The Morgan fingerprint density at radius 1 is 1.43 bits per heavy atom. The maximum Gasteiger partial charge on any atom is 0.212 e. The number of sulfonamides is 1. The lowest BCUT2D eigenvalue weighted by atomic mass is 10.4. The van der Waals surface area contributed by atoms with Gasteiger partial charge in [-0.25, -0.2) is 13.1 Å². The van der Waals surface area contributed by atoms with Crippen molar-refractivity contribution in [2.45, 2.75) is 26.3 Å². The molecule has 0 aliphatic heterocycles. The normalized spacial score (nSPS) is 11.6. The van der Waals surface area contributed by atoms with Crippen molar-refractivity contribution >= 4 is 10.0 Å². The molecular weight excluding hydrogens is 200 g/mol. The second kappa shape index (κ2) is 6.82. The maximum atomic E-state index is 11.2. The minimum absolute atomic E-state index is 0.0694. The number of nitrogens with one attached hydrogen (secondary N) is 2. The van der Waals surface area contributed by atoms with Gasteiger partial charge in [-0.15, -0.1) is 6.42 Å². The molecule has 0 bridgehead atoms. The van der Waals surface area contributed by atoms with Crippen LogP contribution in [-0.2, 0) is 10.0 Å². The van der Waals surface area contributed by atoms with Crippen molar-refractivity contribution < 1.29 is 8.42 Å². The predicted octanol–water partition coefficient (Wildman–Crippen LogP) is -0.0729. The van der Waals surface area contributed by atoms with E-state index >= 15 is 0 Å². The van der Waals surface area contributed by atoms with E-state index in [0.717, 1.165) is 0 Å². The zero-order chi connectivity index (χ0) is 11.0. The van der Waals surface area contributed by atoms with Crippen molar-refractivity contribution in [3.63, 3.8) is 0 Å². The van der Waals surface area contributed by atoms with Gasteiger partial charge in [0.25, 0.3) is 0 Å². The Morgan fingerprint density at radius 3 is 2.57 bits per heavy atom. The Bertz CT molecular complexity index is 278. The molecule has 0 aromatic carbocycles. The molecule has 0 aromatic rings. The van der Waals surface area contributed by atoms with Gasteiger partial charge < -0.3 is 5.32 Å². The lowest BCUT2D eigenvalue weighted by Crippen LogP contribution is -2.30. The van der Waals surface area contributed by atoms with Gasteiger partial charge in [0.2, 0.25) is 10.0 Å². The standard InChI is InChI=1S/C9H18N2O2S/c1-4-6-11-14(12,13)8-5-7-10-9(2)3/h1,9-11H,5-8H2,2-3H3. The van der Waals surface area contributed by atoms with Gasteiger partial charge in [0.1, 0.15) is 0 Å². The van der Waals surface area contributed by atoms with E-state index in [2.05, 4.69) is 16.0 Å². The number of hydrogen-bond donors (Lipinski definition) is 2. The van der Waals surface area contributed by atoms with Crippen molar-refractivity contribution in [1.82, 2.24) is 10.0 Å². The second-order valence-electron chi connectivity index (χ2n) is 3.31. The summed E-state index contributed by atoms with van der Waals surface area (Å²) in [6.45, 7) is 4.81. The van der Waals surface area contributed by atoms with Gasteiger partial charge in [-0.3, -0.25) is 0 Å². The van der Waals surface area contributed by atoms with Crippen molar-refractivity contribution in [2.24, 2.45) is 0 Å². The SMILES string of the molecule is C#CCNS(=O)(=O)CCCNC(C)C. The summed E-state index contributed by atoms with van der Waals surface area (Å²) in [6, 6.07) is 0.386. The van der Waals surface area contributed by atoms with E-state index in [-0.39, 0.29) is 12.3 Å². The molecule has 0 aromatic heterocycles. The molecule has 0 aliphatic carbocycles. The first-order valence-electron chi connectivity index (χ1n) is 4.62. The zero-order valence-corrected chi connectivity index (χ0v) is 9.52. The molecule has 82 valence electrons. The summed E-state index contributed by atoms with van der Waals surface area (Å²) in [5, 5.41) is 3.14. The van der Waals surface area contributed by atoms with Gasteiger partial charge in [0.05, 0.1) is 12.3 Å². The van der Waals surface area contributed by atoms with Crippen molar-refractivity contribution in [2.75, 3.05) is 18.8 Å². The predicted molar refractivity (Wildman–Crippen MR) is 58.4 cm³/mol. The molecule has 4 nitrogen and oxygen atoms in total. The van der Waals surface area contributed by atoms with Crippen LogP contribution < -0.4 is 10.0 Å². The first-order valence-corrected chi connectivity index (χ1v) is 6.27. The smallest absolute Gasteiger partial charge is 0.212 e. The third-order valence-corrected chi connectivity index (χ3v) is 2.95. The van der Waals surface area contributed by atoms with Crippen LogP contribution in [0, 0.1) is 12.3 Å². The van der Waals surface area contributed by atoms with Crippen LogP contribution in [-0.4, -0.2) is 33.3 Å². The van der Waals surface area contributed by atoms with Gasteiger partial charge in [0, 0.05) is 6.04 Å². The summed E-state index contributed by atoms with van der Waals surface area (Å²) < 4.78 is 24.7. The van der Waals surface area contributed by atoms with Gasteiger partial charge in [-0.05, 0) is 13.0 Å². The molecule has 5 heteroatoms. The summed E-state index contributed by atoms with van der Waals surface area (Å²) in [6.07, 6.45) is 5.54. The van der Waals surface area contributed by atoms with Crippen LogP contribution in [0.3, 0.4) is 0 Å². The Balaban J connectivity index is 3.62. The summed E-state index contributed by atoms with van der Waals surface area (Å²) in [5.41, 5.74) is 0. The lowest BCUT2D eigenvalue weighted by molar-refractivity contribution is 0.563. The van der Waals surface area contributed by atoms with Gasteiger partial charge in [-0.2, -0.15) is 0 Å². The molecule has 0 fully saturated rings. The van der Waals surface area contributed by atoms with Gasteiger partial charge >= 0.3 is 0 Å². The third kappa shape index (κ3) is 8.05. The second-order valence-corrected chi connectivity index (χ2v) is 5.23. The highest BCUT2D eigenvalue weighted by Gasteiger charge is 2.07. The number of terminal acetylenes is 1. The van der Waals surface area contributed by atoms with E-state index < -0.39 is 10.0 Å². The van der Waals surface area contributed by atoms with E-state index in [0.29, 0.717) is 19.0 Å².